The van der Waals surface area contributed by atoms with E-state index in [9.17, 15) is 80.8 Å². The first-order valence-electron chi connectivity index (χ1n) is 28.8. The van der Waals surface area contributed by atoms with Crippen molar-refractivity contribution in [1.82, 2.24) is 0 Å². The molecule has 0 bridgehead atoms. The van der Waals surface area contributed by atoms with Crippen molar-refractivity contribution in [3.05, 3.63) is 34.9 Å². The Kier molecular flexibility index (Phi) is 18.9. The van der Waals surface area contributed by atoms with Crippen LogP contribution in [0, 0.1) is 50.2 Å². The molecule has 4 saturated carbocycles. The number of fused-ring (bicyclic) bond motifs is 7. The van der Waals surface area contributed by atoms with Crippen molar-refractivity contribution in [3.8, 4) is 0 Å². The summed E-state index contributed by atoms with van der Waals surface area (Å²) in [7, 11) is 0. The van der Waals surface area contributed by atoms with Gasteiger partial charge in [0, 0.05) is 33.8 Å². The molecular formula is C58H90O24. The third-order valence-electron chi connectivity index (χ3n) is 21.8. The van der Waals surface area contributed by atoms with Gasteiger partial charge < -0.3 is 104 Å². The van der Waals surface area contributed by atoms with E-state index in [2.05, 4.69) is 19.9 Å². The third-order valence-corrected chi connectivity index (χ3v) is 21.8. The van der Waals surface area contributed by atoms with E-state index in [1.807, 2.05) is 27.7 Å². The van der Waals surface area contributed by atoms with E-state index in [0.29, 0.717) is 31.3 Å². The number of aliphatic hydroxyl groups is 12. The van der Waals surface area contributed by atoms with Crippen LogP contribution in [0.25, 0.3) is 0 Å². The third kappa shape index (κ3) is 10.3. The number of carboxylic acid groups (broad SMARTS) is 1. The van der Waals surface area contributed by atoms with E-state index in [0.717, 1.165) is 5.57 Å². The fourth-order valence-corrected chi connectivity index (χ4v) is 16.4. The molecule has 3 heterocycles. The molecule has 24 nitrogen and oxygen atoms in total. The molecule has 0 aromatic carbocycles. The van der Waals surface area contributed by atoms with Crippen LogP contribution < -0.4 is 0 Å². The second-order valence-electron chi connectivity index (χ2n) is 26.2. The summed E-state index contributed by atoms with van der Waals surface area (Å²) in [6.07, 6.45) is -24.8. The monoisotopic (exact) mass is 1170 g/mol. The molecule has 0 radical (unpaired) electrons. The molecule has 0 aromatic rings. The van der Waals surface area contributed by atoms with Gasteiger partial charge in [-0.25, -0.2) is 14.4 Å². The van der Waals surface area contributed by atoms with Crippen LogP contribution in [0.1, 0.15) is 114 Å². The maximum absolute atomic E-state index is 13.9. The molecule has 8 aliphatic rings. The summed E-state index contributed by atoms with van der Waals surface area (Å²) < 4.78 is 49.0. The zero-order valence-electron chi connectivity index (χ0n) is 48.5. The quantitative estimate of drug-likeness (QED) is 0.0565. The number of esters is 2. The number of rotatable bonds is 15. The average molecular weight is 1170 g/mol. The summed E-state index contributed by atoms with van der Waals surface area (Å²) in [6.45, 7) is 15.5. The Bertz CT molecular complexity index is 2430. The molecule has 0 aromatic heterocycles. The average Bonchev–Trinajstić information content (AvgIpc) is 0.849. The number of hydrogen-bond donors (Lipinski definition) is 13. The van der Waals surface area contributed by atoms with Gasteiger partial charge in [0.25, 0.3) is 0 Å². The van der Waals surface area contributed by atoms with E-state index in [-0.39, 0.29) is 30.3 Å². The summed E-state index contributed by atoms with van der Waals surface area (Å²) in [4.78, 5) is 40.5. The van der Waals surface area contributed by atoms with Crippen LogP contribution in [-0.4, -0.2) is 227 Å². The fraction of sp³-hybridized carbons (Fsp3) is 0.845. The predicted octanol–water partition coefficient (Wildman–Crippen LogP) is -0.375. The Morgan fingerprint density at radius 3 is 1.72 bits per heavy atom. The van der Waals surface area contributed by atoms with Crippen LogP contribution in [0.3, 0.4) is 0 Å². The first kappa shape index (κ1) is 64.9. The molecular weight excluding hydrogens is 1080 g/mol. The Hall–Kier alpha value is -3.09. The number of carboxylic acids is 1. The molecule has 12 unspecified atom stereocenters. The minimum absolute atomic E-state index is 0.195. The van der Waals surface area contributed by atoms with Crippen molar-refractivity contribution in [2.24, 2.45) is 50.2 Å². The van der Waals surface area contributed by atoms with Crippen molar-refractivity contribution in [3.63, 3.8) is 0 Å². The van der Waals surface area contributed by atoms with Gasteiger partial charge in [-0.1, -0.05) is 65.3 Å². The van der Waals surface area contributed by atoms with E-state index >= 15 is 0 Å². The second-order valence-corrected chi connectivity index (χ2v) is 26.2. The van der Waals surface area contributed by atoms with E-state index in [1.165, 1.54) is 0 Å². The van der Waals surface area contributed by atoms with Gasteiger partial charge in [-0.3, -0.25) is 0 Å². The molecule has 24 heteroatoms. The first-order valence-corrected chi connectivity index (χ1v) is 28.8. The lowest BCUT2D eigenvalue weighted by Gasteiger charge is -2.73. The largest absolute Gasteiger partial charge is 0.479 e. The molecule has 8 rings (SSSR count). The summed E-state index contributed by atoms with van der Waals surface area (Å²) in [5, 5.41) is 146. The number of allylic oxidation sites excluding steroid dienone is 3. The highest BCUT2D eigenvalue weighted by atomic mass is 16.8. The van der Waals surface area contributed by atoms with Crippen LogP contribution in [0.2, 0.25) is 0 Å². The number of hydrogen-bond acceptors (Lipinski definition) is 23. The molecule has 5 aliphatic carbocycles. The minimum Gasteiger partial charge on any atom is -0.479 e. The number of carbonyl (C=O) groups excluding carboxylic acids is 2. The molecule has 0 amide bonds. The Morgan fingerprint density at radius 1 is 0.634 bits per heavy atom. The van der Waals surface area contributed by atoms with Gasteiger partial charge in [-0.05, 0) is 94.8 Å². The zero-order chi connectivity index (χ0) is 60.7. The molecule has 7 fully saturated rings. The van der Waals surface area contributed by atoms with Gasteiger partial charge >= 0.3 is 17.9 Å². The maximum atomic E-state index is 13.9. The Balaban J connectivity index is 1.14. The first-order chi connectivity index (χ1) is 38.4. The Labute approximate surface area is 477 Å². The highest BCUT2D eigenvalue weighted by Crippen LogP contribution is 2.76. The number of carbonyl (C=O) groups is 3. The maximum Gasteiger partial charge on any atom is 0.335 e. The zero-order valence-corrected chi connectivity index (χ0v) is 48.5. The van der Waals surface area contributed by atoms with Crippen LogP contribution in [0.5, 0.6) is 0 Å². The predicted molar refractivity (Wildman–Crippen MR) is 283 cm³/mol. The summed E-state index contributed by atoms with van der Waals surface area (Å²) in [5.41, 5.74) is -5.16. The molecule has 82 heavy (non-hydrogen) atoms. The number of aliphatic hydroxyl groups excluding tert-OH is 12. The summed E-state index contributed by atoms with van der Waals surface area (Å²) in [6, 6.07) is 0. The highest BCUT2D eigenvalue weighted by molar-refractivity contribution is 5.89. The van der Waals surface area contributed by atoms with Crippen molar-refractivity contribution in [2.45, 2.75) is 231 Å². The van der Waals surface area contributed by atoms with E-state index in [1.54, 1.807) is 39.8 Å². The summed E-state index contributed by atoms with van der Waals surface area (Å²) >= 11 is 0. The molecule has 466 valence electrons. The van der Waals surface area contributed by atoms with Crippen LogP contribution in [0.4, 0.5) is 0 Å². The standard InChI is InChI=1S/C58H90O24/c1-11-25(3)48(73)81-45-46(82-49(74)26(4)12-2)58(24-62)28(20-53(45,5)6)27-13-14-34-54(7)17-16-35(55(8,23-61)33(54)15-18-56(34,9)57(27,10)43(69)44(58)70)79-50-30(76-52-41(68)39(66)36(63)31(21-59)77-52)19-29(38(65)42(80-50)47(71)72)75-51-40(67)37(64)32(22-60)78-51/h11-13,28-46,50-52,59-70H,14-24H2,1-10H3,(H,71,72)/b25-11-,26-12-/t28?,29?,30?,31?,32-,33?,34?,35-,36+,37?,38-,39?,40?,41?,42?,43-,44+,45-,46-,50+,51+,52+,54-,55+,56+,57-,58?/m0/s1. The fourth-order valence-electron chi connectivity index (χ4n) is 16.4. The van der Waals surface area contributed by atoms with Crippen molar-refractivity contribution < 1.29 is 119 Å². The van der Waals surface area contributed by atoms with Gasteiger partial charge in [0.05, 0.1) is 56.3 Å². The molecule has 0 spiro atoms. The lowest BCUT2D eigenvalue weighted by atomic mass is 9.32. The van der Waals surface area contributed by atoms with Gasteiger partial charge in [0.1, 0.15) is 61.0 Å². The van der Waals surface area contributed by atoms with Crippen molar-refractivity contribution in [1.29, 1.82) is 0 Å². The van der Waals surface area contributed by atoms with Crippen LogP contribution >= 0.6 is 0 Å². The van der Waals surface area contributed by atoms with Crippen LogP contribution in [0.15, 0.2) is 34.9 Å². The SMILES string of the molecule is C/C=C(/C)C(=O)O[C@H]1[C@H](OC(=O)/C(C)=C\C)C2(CO)C(CC1(C)C)C1=CCC3[C@@]4(C)CC[C@H](O[C@@H]5OC(C(=O)O)[C@@H](O)C(O[C@@H]6O[C@@H](CO)C(O)C6O)CC5O[C@@H]5OC(CO)[C@@H](O)C(O)C5O)[C@](C)(CO)C4CC[C@@]3(C)[C@]1(C)[C@@H](O)[C@H]2O. The van der Waals surface area contributed by atoms with Gasteiger partial charge in [0.2, 0.25) is 0 Å². The van der Waals surface area contributed by atoms with Crippen LogP contribution in [-0.2, 0) is 52.3 Å². The lowest BCUT2D eigenvalue weighted by molar-refractivity contribution is -0.345. The summed E-state index contributed by atoms with van der Waals surface area (Å²) in [5.74, 6) is -4.43. The van der Waals surface area contributed by atoms with Crippen molar-refractivity contribution >= 4 is 17.9 Å². The smallest absolute Gasteiger partial charge is 0.335 e. The molecule has 13 N–H and O–H groups in total. The van der Waals surface area contributed by atoms with Crippen molar-refractivity contribution in [2.75, 3.05) is 26.4 Å². The molecule has 3 aliphatic heterocycles. The number of ether oxygens (including phenoxy) is 8. The topological polar surface area (TPSA) is 388 Å². The van der Waals surface area contributed by atoms with E-state index in [4.69, 9.17) is 37.9 Å². The number of aliphatic carboxylic acids is 1. The Morgan fingerprint density at radius 2 is 1.18 bits per heavy atom. The highest BCUT2D eigenvalue weighted by Gasteiger charge is 2.76. The molecule has 3 saturated heterocycles. The van der Waals surface area contributed by atoms with Gasteiger partial charge in [-0.15, -0.1) is 0 Å². The second kappa shape index (κ2) is 23.9. The minimum atomic E-state index is -2.15. The lowest BCUT2D eigenvalue weighted by Crippen LogP contribution is -2.76. The normalized spacial score (nSPS) is 49.5. The molecule has 27 atom stereocenters. The van der Waals surface area contributed by atoms with E-state index < -0.39 is 206 Å². The van der Waals surface area contributed by atoms with Gasteiger partial charge in [0.15, 0.2) is 31.1 Å². The van der Waals surface area contributed by atoms with Gasteiger partial charge in [-0.2, -0.15) is 0 Å².